The quantitative estimate of drug-likeness (QED) is 0.435. The molecule has 0 aliphatic carbocycles. The summed E-state index contributed by atoms with van der Waals surface area (Å²) in [5, 5.41) is 1.25. The van der Waals surface area contributed by atoms with Crippen LogP contribution in [0.3, 0.4) is 0 Å². The van der Waals surface area contributed by atoms with E-state index in [1.54, 1.807) is 22.8 Å². The largest absolute Gasteiger partial charge is 0.465 e. The third kappa shape index (κ3) is 4.87. The number of halogens is 1. The summed E-state index contributed by atoms with van der Waals surface area (Å²) in [5.41, 5.74) is 1.92. The summed E-state index contributed by atoms with van der Waals surface area (Å²) >= 11 is 11.5. The van der Waals surface area contributed by atoms with Gasteiger partial charge < -0.3 is 14.6 Å². The van der Waals surface area contributed by atoms with Crippen molar-refractivity contribution in [2.75, 3.05) is 44.7 Å². The Morgan fingerprint density at radius 1 is 1.12 bits per heavy atom. The van der Waals surface area contributed by atoms with Crippen LogP contribution < -0.4 is 10.5 Å². The molecule has 0 bridgehead atoms. The zero-order valence-corrected chi connectivity index (χ0v) is 19.4. The summed E-state index contributed by atoms with van der Waals surface area (Å²) < 4.78 is 6.69. The Morgan fingerprint density at radius 3 is 2.62 bits per heavy atom. The van der Waals surface area contributed by atoms with Gasteiger partial charge in [-0.2, -0.15) is 0 Å². The van der Waals surface area contributed by atoms with Gasteiger partial charge in [0.1, 0.15) is 0 Å². The Kier molecular flexibility index (Phi) is 6.93. The number of hydrogen-bond acceptors (Lipinski definition) is 6. The van der Waals surface area contributed by atoms with Crippen molar-refractivity contribution >= 4 is 46.4 Å². The van der Waals surface area contributed by atoms with Crippen molar-refractivity contribution in [2.45, 2.75) is 13.0 Å². The van der Waals surface area contributed by atoms with Crippen LogP contribution in [-0.4, -0.2) is 60.3 Å². The van der Waals surface area contributed by atoms with E-state index in [4.69, 9.17) is 28.6 Å². The van der Waals surface area contributed by atoms with Crippen LogP contribution in [0, 0.1) is 4.77 Å². The molecule has 1 saturated heterocycles. The van der Waals surface area contributed by atoms with E-state index in [0.29, 0.717) is 27.8 Å². The average Bonchev–Trinajstić information content (AvgIpc) is 2.80. The van der Waals surface area contributed by atoms with Crippen molar-refractivity contribution in [2.24, 2.45) is 0 Å². The minimum atomic E-state index is -0.453. The van der Waals surface area contributed by atoms with Crippen molar-refractivity contribution in [1.29, 1.82) is 0 Å². The average molecular weight is 473 g/mol. The van der Waals surface area contributed by atoms with Gasteiger partial charge in [-0.1, -0.05) is 17.7 Å². The Balaban J connectivity index is 1.37. The minimum Gasteiger partial charge on any atom is -0.465 e. The third-order valence-corrected chi connectivity index (χ3v) is 6.36. The van der Waals surface area contributed by atoms with E-state index < -0.39 is 5.97 Å². The molecule has 1 aliphatic heterocycles. The fourth-order valence-corrected chi connectivity index (χ4v) is 4.53. The number of H-pyrrole nitrogens is 1. The van der Waals surface area contributed by atoms with E-state index in [2.05, 4.69) is 20.9 Å². The number of carbonyl (C=O) groups is 1. The molecule has 0 spiro atoms. The van der Waals surface area contributed by atoms with E-state index in [9.17, 15) is 9.59 Å². The number of hydrogen-bond donors (Lipinski definition) is 1. The number of aromatic amines is 1. The molecule has 3 aromatic rings. The van der Waals surface area contributed by atoms with Gasteiger partial charge in [0.05, 0.1) is 23.6 Å². The van der Waals surface area contributed by atoms with Gasteiger partial charge >= 0.3 is 5.97 Å². The number of nitrogens with zero attached hydrogens (tertiary/aromatic N) is 3. The minimum absolute atomic E-state index is 0.147. The standard InChI is InChI=1S/C23H25ClN4O3S/c1-31-22(30)16-6-7-19-20(14-16)25-23(32)28(21(19)29)9-3-8-26-10-12-27(13-11-26)18-5-2-4-17(24)15-18/h2,4-7,14-15H,3,8-13H2,1H3,(H,25,32). The number of piperazine rings is 1. The monoisotopic (exact) mass is 472 g/mol. The maximum absolute atomic E-state index is 12.9. The van der Waals surface area contributed by atoms with Crippen LogP contribution in [0.2, 0.25) is 5.02 Å². The van der Waals surface area contributed by atoms with E-state index in [1.807, 2.05) is 18.2 Å². The number of aromatic nitrogens is 2. The highest BCUT2D eigenvalue weighted by molar-refractivity contribution is 7.71. The summed E-state index contributed by atoms with van der Waals surface area (Å²) in [4.78, 5) is 32.5. The van der Waals surface area contributed by atoms with Gasteiger partial charge in [0.25, 0.3) is 5.56 Å². The van der Waals surface area contributed by atoms with Gasteiger partial charge in [-0.25, -0.2) is 4.79 Å². The van der Waals surface area contributed by atoms with Crippen LogP contribution in [0.4, 0.5) is 5.69 Å². The molecule has 0 unspecified atom stereocenters. The fourth-order valence-electron chi connectivity index (χ4n) is 4.06. The van der Waals surface area contributed by atoms with Crippen LogP contribution in [0.25, 0.3) is 10.9 Å². The van der Waals surface area contributed by atoms with Crippen LogP contribution in [0.5, 0.6) is 0 Å². The van der Waals surface area contributed by atoms with Crippen molar-refractivity contribution < 1.29 is 9.53 Å². The number of anilines is 1. The first kappa shape index (κ1) is 22.5. The predicted octanol–water partition coefficient (Wildman–Crippen LogP) is 3.71. The molecule has 0 radical (unpaired) electrons. The fraction of sp³-hybridized carbons (Fsp3) is 0.348. The summed E-state index contributed by atoms with van der Waals surface area (Å²) in [5.74, 6) is -0.453. The predicted molar refractivity (Wildman–Crippen MR) is 129 cm³/mol. The lowest BCUT2D eigenvalue weighted by molar-refractivity contribution is 0.0601. The van der Waals surface area contributed by atoms with E-state index in [0.717, 1.165) is 49.9 Å². The maximum Gasteiger partial charge on any atom is 0.337 e. The summed E-state index contributed by atoms with van der Waals surface area (Å²) in [6.07, 6.45) is 0.820. The molecular formula is C23H25ClN4O3S. The van der Waals surface area contributed by atoms with Gasteiger partial charge in [-0.05, 0) is 61.6 Å². The maximum atomic E-state index is 12.9. The van der Waals surface area contributed by atoms with Crippen molar-refractivity contribution in [3.63, 3.8) is 0 Å². The molecule has 9 heteroatoms. The zero-order chi connectivity index (χ0) is 22.7. The van der Waals surface area contributed by atoms with Crippen molar-refractivity contribution in [3.05, 3.63) is 68.2 Å². The number of rotatable bonds is 6. The lowest BCUT2D eigenvalue weighted by Gasteiger charge is -2.36. The molecule has 1 aliphatic rings. The smallest absolute Gasteiger partial charge is 0.337 e. The second-order valence-electron chi connectivity index (χ2n) is 7.80. The highest BCUT2D eigenvalue weighted by atomic mass is 35.5. The number of carbonyl (C=O) groups excluding carboxylic acids is 1. The number of methoxy groups -OCH3 is 1. The number of nitrogens with one attached hydrogen (secondary N) is 1. The normalized spacial score (nSPS) is 14.6. The number of fused-ring (bicyclic) bond motifs is 1. The number of esters is 1. The lowest BCUT2D eigenvalue weighted by Crippen LogP contribution is -2.46. The first-order valence-electron chi connectivity index (χ1n) is 10.5. The number of ether oxygens (including phenoxy) is 1. The second-order valence-corrected chi connectivity index (χ2v) is 8.62. The van der Waals surface area contributed by atoms with Crippen molar-refractivity contribution in [1.82, 2.24) is 14.5 Å². The highest BCUT2D eigenvalue weighted by Gasteiger charge is 2.17. The van der Waals surface area contributed by atoms with Gasteiger partial charge in [-0.3, -0.25) is 14.3 Å². The van der Waals surface area contributed by atoms with E-state index in [-0.39, 0.29) is 5.56 Å². The van der Waals surface area contributed by atoms with E-state index in [1.165, 1.54) is 7.11 Å². The molecular weight excluding hydrogens is 448 g/mol. The third-order valence-electron chi connectivity index (χ3n) is 5.80. The van der Waals surface area contributed by atoms with Crippen LogP contribution >= 0.6 is 23.8 Å². The molecule has 0 atom stereocenters. The zero-order valence-electron chi connectivity index (χ0n) is 17.8. The van der Waals surface area contributed by atoms with E-state index >= 15 is 0 Å². The topological polar surface area (TPSA) is 70.6 Å². The Labute approximate surface area is 196 Å². The summed E-state index contributed by atoms with van der Waals surface area (Å²) in [6, 6.07) is 12.8. The lowest BCUT2D eigenvalue weighted by atomic mass is 10.1. The Bertz CT molecular complexity index is 1250. The first-order valence-corrected chi connectivity index (χ1v) is 11.3. The molecule has 0 saturated carbocycles. The van der Waals surface area contributed by atoms with Gasteiger partial charge in [0.15, 0.2) is 4.77 Å². The summed E-state index contributed by atoms with van der Waals surface area (Å²) in [6.45, 7) is 5.24. The molecule has 168 valence electrons. The van der Waals surface area contributed by atoms with Crippen LogP contribution in [0.1, 0.15) is 16.8 Å². The highest BCUT2D eigenvalue weighted by Crippen LogP contribution is 2.21. The Morgan fingerprint density at radius 2 is 1.91 bits per heavy atom. The van der Waals surface area contributed by atoms with Gasteiger partial charge in [0, 0.05) is 43.4 Å². The molecule has 4 rings (SSSR count). The Hall–Kier alpha value is -2.68. The van der Waals surface area contributed by atoms with Gasteiger partial charge in [-0.15, -0.1) is 0 Å². The molecule has 1 N–H and O–H groups in total. The molecule has 2 aromatic carbocycles. The van der Waals surface area contributed by atoms with Crippen LogP contribution in [-0.2, 0) is 11.3 Å². The molecule has 7 nitrogen and oxygen atoms in total. The SMILES string of the molecule is COC(=O)c1ccc2c(=O)n(CCCN3CCN(c4cccc(Cl)c4)CC3)c(=S)[nH]c2c1. The van der Waals surface area contributed by atoms with Gasteiger partial charge in [0.2, 0.25) is 0 Å². The molecule has 1 aromatic heterocycles. The number of benzene rings is 2. The van der Waals surface area contributed by atoms with Crippen LogP contribution in [0.15, 0.2) is 47.3 Å². The van der Waals surface area contributed by atoms with Crippen molar-refractivity contribution in [3.8, 4) is 0 Å². The molecule has 32 heavy (non-hydrogen) atoms. The molecule has 1 fully saturated rings. The summed E-state index contributed by atoms with van der Waals surface area (Å²) in [7, 11) is 1.32. The molecule has 0 amide bonds. The molecule has 2 heterocycles. The second kappa shape index (κ2) is 9.85. The first-order chi connectivity index (χ1) is 15.5.